The van der Waals surface area contributed by atoms with Crippen molar-refractivity contribution in [2.45, 2.75) is 20.3 Å². The molecule has 2 rings (SSSR count). The summed E-state index contributed by atoms with van der Waals surface area (Å²) >= 11 is 0. The Bertz CT molecular complexity index is 636. The van der Waals surface area contributed by atoms with Crippen molar-refractivity contribution in [3.05, 3.63) is 42.0 Å². The summed E-state index contributed by atoms with van der Waals surface area (Å²) in [5, 5.41) is 1.73. The molecule has 0 bridgehead atoms. The summed E-state index contributed by atoms with van der Waals surface area (Å²) in [7, 11) is 0. The highest BCUT2D eigenvalue weighted by atomic mass is 16.5. The number of carbonyl (C=O) groups is 1. The van der Waals surface area contributed by atoms with Crippen molar-refractivity contribution in [2.24, 2.45) is 0 Å². The average molecular weight is 300 g/mol. The molecule has 0 radical (unpaired) electrons. The zero-order valence-electron chi connectivity index (χ0n) is 13.3. The van der Waals surface area contributed by atoms with Crippen LogP contribution in [0.4, 0.5) is 5.69 Å². The molecule has 2 aromatic carbocycles. The van der Waals surface area contributed by atoms with Gasteiger partial charge in [0, 0.05) is 17.6 Å². The maximum atomic E-state index is 12.3. The second-order valence-electron chi connectivity index (χ2n) is 5.26. The topological polar surface area (TPSA) is 55.6 Å². The molecule has 0 amide bonds. The zero-order valence-corrected chi connectivity index (χ0v) is 13.3. The maximum Gasteiger partial charge on any atom is 0.338 e. The standard InChI is InChI=1S/C18H24N2O2/c1-3-20(4-2)12-7-13-22-18(21)16-10-5-9-15-14(16)8-6-11-17(15)19/h5-6,8-11H,3-4,7,12-13,19H2,1-2H3. The Morgan fingerprint density at radius 1 is 1.09 bits per heavy atom. The van der Waals surface area contributed by atoms with Crippen LogP contribution in [0.1, 0.15) is 30.6 Å². The number of esters is 1. The van der Waals surface area contributed by atoms with Gasteiger partial charge in [0.05, 0.1) is 12.2 Å². The molecule has 0 saturated heterocycles. The van der Waals surface area contributed by atoms with E-state index < -0.39 is 0 Å². The van der Waals surface area contributed by atoms with Crippen LogP contribution in [0.25, 0.3) is 10.8 Å². The first kappa shape index (κ1) is 16.3. The van der Waals surface area contributed by atoms with Crippen LogP contribution >= 0.6 is 0 Å². The fraction of sp³-hybridized carbons (Fsp3) is 0.389. The van der Waals surface area contributed by atoms with Gasteiger partial charge in [-0.1, -0.05) is 38.1 Å². The Morgan fingerprint density at radius 3 is 2.50 bits per heavy atom. The largest absolute Gasteiger partial charge is 0.462 e. The lowest BCUT2D eigenvalue weighted by Gasteiger charge is -2.17. The molecule has 22 heavy (non-hydrogen) atoms. The Morgan fingerprint density at radius 2 is 1.77 bits per heavy atom. The predicted octanol–water partition coefficient (Wildman–Crippen LogP) is 3.31. The van der Waals surface area contributed by atoms with Crippen LogP contribution in [0.2, 0.25) is 0 Å². The number of carbonyl (C=O) groups excluding carboxylic acids is 1. The van der Waals surface area contributed by atoms with Gasteiger partial charge < -0.3 is 15.4 Å². The Balaban J connectivity index is 2.00. The molecule has 0 unspecified atom stereocenters. The summed E-state index contributed by atoms with van der Waals surface area (Å²) in [4.78, 5) is 14.6. The van der Waals surface area contributed by atoms with Crippen LogP contribution in [0.15, 0.2) is 36.4 Å². The van der Waals surface area contributed by atoms with Gasteiger partial charge in [-0.2, -0.15) is 0 Å². The summed E-state index contributed by atoms with van der Waals surface area (Å²) in [6.45, 7) is 7.70. The lowest BCUT2D eigenvalue weighted by atomic mass is 10.0. The molecule has 118 valence electrons. The van der Waals surface area contributed by atoms with E-state index in [4.69, 9.17) is 10.5 Å². The van der Waals surface area contributed by atoms with Gasteiger partial charge in [-0.25, -0.2) is 4.79 Å². The van der Waals surface area contributed by atoms with Crippen LogP contribution < -0.4 is 5.73 Å². The van der Waals surface area contributed by atoms with Gasteiger partial charge in [-0.3, -0.25) is 0 Å². The van der Waals surface area contributed by atoms with Gasteiger partial charge >= 0.3 is 5.97 Å². The van der Waals surface area contributed by atoms with Gasteiger partial charge in [-0.05, 0) is 37.0 Å². The quantitative estimate of drug-likeness (QED) is 0.484. The maximum absolute atomic E-state index is 12.3. The van der Waals surface area contributed by atoms with Crippen molar-refractivity contribution >= 4 is 22.4 Å². The van der Waals surface area contributed by atoms with Crippen molar-refractivity contribution < 1.29 is 9.53 Å². The summed E-state index contributed by atoms with van der Waals surface area (Å²) in [6, 6.07) is 11.1. The first-order valence-electron chi connectivity index (χ1n) is 7.84. The zero-order chi connectivity index (χ0) is 15.9. The van der Waals surface area contributed by atoms with Crippen LogP contribution in [0.3, 0.4) is 0 Å². The molecular formula is C18H24N2O2. The van der Waals surface area contributed by atoms with Crippen molar-refractivity contribution in [3.8, 4) is 0 Å². The molecule has 0 aliphatic rings. The molecule has 0 aliphatic heterocycles. The molecule has 0 saturated carbocycles. The Labute approximate surface area is 131 Å². The van der Waals surface area contributed by atoms with Crippen molar-refractivity contribution in [2.75, 3.05) is 32.0 Å². The minimum absolute atomic E-state index is 0.282. The smallest absolute Gasteiger partial charge is 0.338 e. The van der Waals surface area contributed by atoms with E-state index in [0.29, 0.717) is 17.9 Å². The third-order valence-corrected chi connectivity index (χ3v) is 3.92. The second kappa shape index (κ2) is 7.80. The number of anilines is 1. The highest BCUT2D eigenvalue weighted by Gasteiger charge is 2.12. The predicted molar refractivity (Wildman–Crippen MR) is 91.0 cm³/mol. The Kier molecular flexibility index (Phi) is 5.78. The van der Waals surface area contributed by atoms with Gasteiger partial charge in [0.25, 0.3) is 0 Å². The van der Waals surface area contributed by atoms with Gasteiger partial charge in [-0.15, -0.1) is 0 Å². The van der Waals surface area contributed by atoms with Crippen LogP contribution in [0, 0.1) is 0 Å². The number of nitrogens with two attached hydrogens (primary N) is 1. The highest BCUT2D eigenvalue weighted by Crippen LogP contribution is 2.24. The van der Waals surface area contributed by atoms with Gasteiger partial charge in [0.2, 0.25) is 0 Å². The van der Waals surface area contributed by atoms with Crippen molar-refractivity contribution in [1.29, 1.82) is 0 Å². The molecule has 0 aliphatic carbocycles. The minimum Gasteiger partial charge on any atom is -0.462 e. The number of ether oxygens (including phenoxy) is 1. The number of nitrogens with zero attached hydrogens (tertiary/aromatic N) is 1. The molecular weight excluding hydrogens is 276 g/mol. The third kappa shape index (κ3) is 3.77. The van der Waals surface area contributed by atoms with Crippen molar-refractivity contribution in [1.82, 2.24) is 4.90 Å². The van der Waals surface area contributed by atoms with Crippen LogP contribution in [-0.4, -0.2) is 37.1 Å². The number of rotatable bonds is 7. The second-order valence-corrected chi connectivity index (χ2v) is 5.26. The first-order valence-corrected chi connectivity index (χ1v) is 7.84. The van der Waals surface area contributed by atoms with Crippen molar-refractivity contribution in [3.63, 3.8) is 0 Å². The molecule has 4 nitrogen and oxygen atoms in total. The lowest BCUT2D eigenvalue weighted by Crippen LogP contribution is -2.25. The summed E-state index contributed by atoms with van der Waals surface area (Å²) in [5.41, 5.74) is 7.20. The van der Waals surface area contributed by atoms with Crippen LogP contribution in [-0.2, 0) is 4.74 Å². The van der Waals surface area contributed by atoms with E-state index in [1.54, 1.807) is 6.07 Å². The number of benzene rings is 2. The lowest BCUT2D eigenvalue weighted by molar-refractivity contribution is 0.0492. The third-order valence-electron chi connectivity index (χ3n) is 3.92. The monoisotopic (exact) mass is 300 g/mol. The molecule has 0 atom stereocenters. The van der Waals surface area contributed by atoms with E-state index >= 15 is 0 Å². The number of hydrogen-bond donors (Lipinski definition) is 1. The first-order chi connectivity index (χ1) is 10.7. The van der Waals surface area contributed by atoms with E-state index in [2.05, 4.69) is 18.7 Å². The molecule has 0 spiro atoms. The summed E-state index contributed by atoms with van der Waals surface area (Å²) in [5.74, 6) is -0.282. The molecule has 4 heteroatoms. The number of fused-ring (bicyclic) bond motifs is 1. The van der Waals surface area contributed by atoms with Crippen LogP contribution in [0.5, 0.6) is 0 Å². The van der Waals surface area contributed by atoms with E-state index in [1.165, 1.54) is 0 Å². The summed E-state index contributed by atoms with van der Waals surface area (Å²) < 4.78 is 5.41. The van der Waals surface area contributed by atoms with E-state index in [-0.39, 0.29) is 5.97 Å². The SMILES string of the molecule is CCN(CC)CCCOC(=O)c1cccc2c(N)cccc12. The fourth-order valence-corrected chi connectivity index (χ4v) is 2.58. The van der Waals surface area contributed by atoms with E-state index in [1.807, 2.05) is 30.3 Å². The molecule has 0 aromatic heterocycles. The summed E-state index contributed by atoms with van der Waals surface area (Å²) in [6.07, 6.45) is 0.848. The highest BCUT2D eigenvalue weighted by molar-refractivity contribution is 6.07. The molecule has 2 aromatic rings. The van der Waals surface area contributed by atoms with E-state index in [9.17, 15) is 4.79 Å². The normalized spacial score (nSPS) is 11.0. The van der Waals surface area contributed by atoms with Gasteiger partial charge in [0.1, 0.15) is 0 Å². The molecule has 0 fully saturated rings. The average Bonchev–Trinajstić information content (AvgIpc) is 2.55. The Hall–Kier alpha value is -2.07. The molecule has 0 heterocycles. The fourth-order valence-electron chi connectivity index (χ4n) is 2.58. The molecule has 2 N–H and O–H groups in total. The van der Waals surface area contributed by atoms with E-state index in [0.717, 1.165) is 36.8 Å². The minimum atomic E-state index is -0.282. The number of hydrogen-bond acceptors (Lipinski definition) is 4. The number of nitrogen functional groups attached to an aromatic ring is 1. The van der Waals surface area contributed by atoms with Gasteiger partial charge in [0.15, 0.2) is 0 Å².